The van der Waals surface area contributed by atoms with Crippen LogP contribution in [0.1, 0.15) is 40.0 Å². The van der Waals surface area contributed by atoms with Crippen molar-refractivity contribution in [2.24, 2.45) is 0 Å². The van der Waals surface area contributed by atoms with Crippen LogP contribution in [0.3, 0.4) is 0 Å². The topological polar surface area (TPSA) is 107 Å². The molecule has 2 fully saturated rings. The average molecular weight is 483 g/mol. The minimum absolute atomic E-state index is 0.0322. The number of carbonyl (C=O) groups excluding carboxylic acids is 3. The van der Waals surface area contributed by atoms with E-state index in [1.807, 2.05) is 18.2 Å². The van der Waals surface area contributed by atoms with Gasteiger partial charge < -0.3 is 15.1 Å². The van der Waals surface area contributed by atoms with Gasteiger partial charge in [-0.05, 0) is 43.2 Å². The fourth-order valence-electron chi connectivity index (χ4n) is 4.45. The van der Waals surface area contributed by atoms with E-state index in [1.54, 1.807) is 4.90 Å². The fourth-order valence-corrected chi connectivity index (χ4v) is 6.30. The molecule has 0 aromatic heterocycles. The molecule has 2 aromatic carbocycles. The smallest absolute Gasteiger partial charge is 0.269 e. The van der Waals surface area contributed by atoms with Crippen molar-refractivity contribution in [2.45, 2.75) is 30.2 Å². The van der Waals surface area contributed by atoms with Gasteiger partial charge in [0.15, 0.2) is 0 Å². The maximum absolute atomic E-state index is 12.8. The molecule has 10 heteroatoms. The van der Waals surface area contributed by atoms with E-state index in [0.29, 0.717) is 25.9 Å². The Kier molecular flexibility index (Phi) is 5.76. The van der Waals surface area contributed by atoms with Gasteiger partial charge in [-0.15, -0.1) is 0 Å². The number of nitrogens with zero attached hydrogens (tertiary/aromatic N) is 3. The zero-order valence-corrected chi connectivity index (χ0v) is 19.5. The molecule has 0 atom stereocenters. The highest BCUT2D eigenvalue weighted by molar-refractivity contribution is 7.90. The van der Waals surface area contributed by atoms with Crippen LogP contribution in [0.5, 0.6) is 0 Å². The lowest BCUT2D eigenvalue weighted by Gasteiger charge is -2.36. The molecular formula is C24H26N4O5S. The van der Waals surface area contributed by atoms with Gasteiger partial charge in [-0.25, -0.2) is 12.7 Å². The number of amides is 3. The van der Waals surface area contributed by atoms with Gasteiger partial charge in [-0.1, -0.05) is 18.2 Å². The second-order valence-corrected chi connectivity index (χ2v) is 10.5. The molecule has 9 nitrogen and oxygen atoms in total. The van der Waals surface area contributed by atoms with E-state index in [2.05, 4.69) is 22.3 Å². The standard InChI is InChI=1S/C24H26N4O5S/c29-22(27-14-12-26(13-15-27)18-4-2-1-3-5-18)10-11-25-23(30)17-6-9-20-21(16-17)34(32,33)28(24(20)31)19-7-8-19/h1-6,9,16,19H,7-8,10-15H2,(H,25,30). The highest BCUT2D eigenvalue weighted by Gasteiger charge is 2.48. The monoisotopic (exact) mass is 482 g/mol. The number of nitrogens with one attached hydrogen (secondary N) is 1. The Labute approximate surface area is 198 Å². The van der Waals surface area contributed by atoms with Crippen molar-refractivity contribution in [1.82, 2.24) is 14.5 Å². The molecule has 1 saturated heterocycles. The Balaban J connectivity index is 1.14. The van der Waals surface area contributed by atoms with Gasteiger partial charge in [0.05, 0.1) is 5.56 Å². The Bertz CT molecular complexity index is 1240. The highest BCUT2D eigenvalue weighted by atomic mass is 32.2. The van der Waals surface area contributed by atoms with Gasteiger partial charge in [0.1, 0.15) is 4.90 Å². The summed E-state index contributed by atoms with van der Waals surface area (Å²) in [6.07, 6.45) is 1.50. The number of fused-ring (bicyclic) bond motifs is 1. The minimum atomic E-state index is -3.92. The summed E-state index contributed by atoms with van der Waals surface area (Å²) >= 11 is 0. The van der Waals surface area contributed by atoms with Crippen LogP contribution in [0.15, 0.2) is 53.4 Å². The van der Waals surface area contributed by atoms with Crippen LogP contribution in [0.2, 0.25) is 0 Å². The summed E-state index contributed by atoms with van der Waals surface area (Å²) in [7, 11) is -3.92. The minimum Gasteiger partial charge on any atom is -0.368 e. The van der Waals surface area contributed by atoms with E-state index in [0.717, 1.165) is 23.1 Å². The number of benzene rings is 2. The molecule has 178 valence electrons. The van der Waals surface area contributed by atoms with Crippen molar-refractivity contribution >= 4 is 33.4 Å². The summed E-state index contributed by atoms with van der Waals surface area (Å²) in [5.74, 6) is -1.03. The van der Waals surface area contributed by atoms with Crippen LogP contribution >= 0.6 is 0 Å². The van der Waals surface area contributed by atoms with Crippen molar-refractivity contribution < 1.29 is 22.8 Å². The first-order valence-corrected chi connectivity index (χ1v) is 12.9. The highest BCUT2D eigenvalue weighted by Crippen LogP contribution is 2.39. The van der Waals surface area contributed by atoms with Crippen LogP contribution in [-0.4, -0.2) is 74.1 Å². The van der Waals surface area contributed by atoms with Gasteiger partial charge in [0.2, 0.25) is 5.91 Å². The number of piperazine rings is 1. The summed E-state index contributed by atoms with van der Waals surface area (Å²) in [5.41, 5.74) is 1.39. The number of sulfonamides is 1. The first-order valence-electron chi connectivity index (χ1n) is 11.4. The summed E-state index contributed by atoms with van der Waals surface area (Å²) in [6, 6.07) is 13.9. The molecule has 1 saturated carbocycles. The van der Waals surface area contributed by atoms with Gasteiger partial charge in [0, 0.05) is 56.4 Å². The Hall–Kier alpha value is -3.40. The lowest BCUT2D eigenvalue weighted by atomic mass is 10.1. The largest absolute Gasteiger partial charge is 0.368 e. The van der Waals surface area contributed by atoms with Crippen molar-refractivity contribution in [3.05, 3.63) is 59.7 Å². The maximum atomic E-state index is 12.8. The lowest BCUT2D eigenvalue weighted by Crippen LogP contribution is -2.49. The van der Waals surface area contributed by atoms with Gasteiger partial charge in [0.25, 0.3) is 21.8 Å². The number of anilines is 1. The number of para-hydroxylation sites is 1. The number of hydrogen-bond donors (Lipinski definition) is 1. The SMILES string of the molecule is O=C(NCCC(=O)N1CCN(c2ccccc2)CC1)c1ccc2c(c1)S(=O)(=O)N(C1CC1)C2=O. The Morgan fingerprint density at radius 1 is 0.971 bits per heavy atom. The fraction of sp³-hybridized carbons (Fsp3) is 0.375. The number of carbonyl (C=O) groups is 3. The van der Waals surface area contributed by atoms with Crippen molar-refractivity contribution in [3.63, 3.8) is 0 Å². The molecule has 3 amide bonds. The first-order chi connectivity index (χ1) is 16.4. The summed E-state index contributed by atoms with van der Waals surface area (Å²) < 4.78 is 26.5. The number of hydrogen-bond acceptors (Lipinski definition) is 6. The zero-order chi connectivity index (χ0) is 23.9. The third kappa shape index (κ3) is 4.13. The molecule has 2 aliphatic heterocycles. The number of rotatable bonds is 6. The average Bonchev–Trinajstić information content (AvgIpc) is 3.66. The quantitative estimate of drug-likeness (QED) is 0.668. The molecule has 0 radical (unpaired) electrons. The Morgan fingerprint density at radius 2 is 1.68 bits per heavy atom. The predicted octanol–water partition coefficient (Wildman–Crippen LogP) is 1.46. The van der Waals surface area contributed by atoms with Crippen LogP contribution in [0.25, 0.3) is 0 Å². The van der Waals surface area contributed by atoms with Crippen molar-refractivity contribution in [3.8, 4) is 0 Å². The van der Waals surface area contributed by atoms with Crippen LogP contribution in [0, 0.1) is 0 Å². The first kappa shape index (κ1) is 22.4. The van der Waals surface area contributed by atoms with E-state index in [4.69, 9.17) is 0 Å². The van der Waals surface area contributed by atoms with Crippen LogP contribution in [0.4, 0.5) is 5.69 Å². The van der Waals surface area contributed by atoms with Crippen molar-refractivity contribution in [1.29, 1.82) is 0 Å². The molecule has 0 unspecified atom stereocenters. The van der Waals surface area contributed by atoms with Crippen molar-refractivity contribution in [2.75, 3.05) is 37.6 Å². The summed E-state index contributed by atoms with van der Waals surface area (Å²) in [6.45, 7) is 2.89. The van der Waals surface area contributed by atoms with Gasteiger partial charge >= 0.3 is 0 Å². The predicted molar refractivity (Wildman–Crippen MR) is 125 cm³/mol. The second kappa shape index (κ2) is 8.75. The normalized spacial score (nSPS) is 19.2. The van der Waals surface area contributed by atoms with E-state index >= 15 is 0 Å². The lowest BCUT2D eigenvalue weighted by molar-refractivity contribution is -0.131. The summed E-state index contributed by atoms with van der Waals surface area (Å²) in [5, 5.41) is 2.69. The molecule has 5 rings (SSSR count). The second-order valence-electron chi connectivity index (χ2n) is 8.76. The molecule has 3 aliphatic rings. The van der Waals surface area contributed by atoms with Crippen LogP contribution in [-0.2, 0) is 14.8 Å². The van der Waals surface area contributed by atoms with Crippen LogP contribution < -0.4 is 10.2 Å². The third-order valence-electron chi connectivity index (χ3n) is 6.47. The Morgan fingerprint density at radius 3 is 2.35 bits per heavy atom. The molecule has 0 spiro atoms. The van der Waals surface area contributed by atoms with Gasteiger partial charge in [-0.2, -0.15) is 0 Å². The van der Waals surface area contributed by atoms with Gasteiger partial charge in [-0.3, -0.25) is 14.4 Å². The third-order valence-corrected chi connectivity index (χ3v) is 8.34. The molecule has 0 bridgehead atoms. The molecule has 2 aromatic rings. The van der Waals surface area contributed by atoms with E-state index in [-0.39, 0.29) is 40.9 Å². The van der Waals surface area contributed by atoms with E-state index in [9.17, 15) is 22.8 Å². The molecule has 1 aliphatic carbocycles. The van der Waals surface area contributed by atoms with E-state index in [1.165, 1.54) is 18.2 Å². The molecule has 1 N–H and O–H groups in total. The van der Waals surface area contributed by atoms with E-state index < -0.39 is 21.8 Å². The molecule has 34 heavy (non-hydrogen) atoms. The summed E-state index contributed by atoms with van der Waals surface area (Å²) in [4.78, 5) is 41.5. The maximum Gasteiger partial charge on any atom is 0.269 e. The zero-order valence-electron chi connectivity index (χ0n) is 18.6. The molecule has 2 heterocycles. The molecular weight excluding hydrogens is 456 g/mol.